The van der Waals surface area contributed by atoms with Gasteiger partial charge in [-0.1, -0.05) is 30.0 Å². The van der Waals surface area contributed by atoms with Crippen LogP contribution in [0.25, 0.3) is 0 Å². The molecule has 1 amide bonds. The van der Waals surface area contributed by atoms with E-state index in [9.17, 15) is 17.6 Å². The van der Waals surface area contributed by atoms with E-state index in [0.29, 0.717) is 16.5 Å². The highest BCUT2D eigenvalue weighted by Gasteiger charge is 2.50. The lowest BCUT2D eigenvalue weighted by molar-refractivity contribution is -0.0693. The second-order valence-electron chi connectivity index (χ2n) is 8.60. The third kappa shape index (κ3) is 6.18. The van der Waals surface area contributed by atoms with Crippen LogP contribution in [0.3, 0.4) is 0 Å². The molecule has 0 aliphatic carbocycles. The molecule has 0 spiro atoms. The van der Waals surface area contributed by atoms with Gasteiger partial charge in [-0.05, 0) is 26.8 Å². The van der Waals surface area contributed by atoms with Crippen LogP contribution in [0.4, 0.5) is 9.18 Å². The van der Waals surface area contributed by atoms with Crippen LogP contribution in [0, 0.1) is 11.7 Å². The Kier molecular flexibility index (Phi) is 6.99. The molecule has 1 fully saturated rings. The maximum atomic E-state index is 14.9. The fraction of sp³-hybridized carbons (Fsp3) is 0.600. The molecule has 8 nitrogen and oxygen atoms in total. The smallest absolute Gasteiger partial charge is 0.413 e. The van der Waals surface area contributed by atoms with Gasteiger partial charge in [0.05, 0.1) is 31.1 Å². The van der Waals surface area contributed by atoms with E-state index < -0.39 is 39.3 Å². The zero-order chi connectivity index (χ0) is 22.9. The molecule has 11 heteroatoms. The van der Waals surface area contributed by atoms with Gasteiger partial charge in [0, 0.05) is 23.7 Å². The molecule has 0 saturated carbocycles. The number of halogens is 1. The molecule has 1 saturated heterocycles. The molecular weight excluding hydrogens is 447 g/mol. The average Bonchev–Trinajstić information content (AvgIpc) is 2.64. The van der Waals surface area contributed by atoms with Gasteiger partial charge in [0.25, 0.3) is 10.1 Å². The Morgan fingerprint density at radius 2 is 2.10 bits per heavy atom. The number of carbonyl (C=O) groups excluding carboxylic acids is 1. The first kappa shape index (κ1) is 24.0. The second kappa shape index (κ2) is 9.05. The summed E-state index contributed by atoms with van der Waals surface area (Å²) in [6, 6.07) is 6.33. The molecule has 1 aromatic rings. The van der Waals surface area contributed by atoms with Crippen molar-refractivity contribution in [2.24, 2.45) is 10.9 Å². The van der Waals surface area contributed by atoms with Gasteiger partial charge in [-0.15, -0.1) is 0 Å². The number of benzene rings is 1. The Bertz CT molecular complexity index is 963. The van der Waals surface area contributed by atoms with Gasteiger partial charge in [0.2, 0.25) is 0 Å². The van der Waals surface area contributed by atoms with E-state index in [1.165, 1.54) is 17.8 Å². The van der Waals surface area contributed by atoms with E-state index in [1.807, 2.05) is 0 Å². The Balaban J connectivity index is 1.94. The molecule has 0 bridgehead atoms. The van der Waals surface area contributed by atoms with Crippen LogP contribution >= 0.6 is 11.8 Å². The van der Waals surface area contributed by atoms with Crippen LogP contribution in [-0.4, -0.2) is 56.6 Å². The molecule has 3 rings (SSSR count). The van der Waals surface area contributed by atoms with Gasteiger partial charge in [-0.2, -0.15) is 8.42 Å². The van der Waals surface area contributed by atoms with Gasteiger partial charge in [-0.3, -0.25) is 14.5 Å². The number of nitrogens with one attached hydrogen (secondary N) is 1. The van der Waals surface area contributed by atoms with E-state index in [0.717, 1.165) is 6.26 Å². The molecule has 31 heavy (non-hydrogen) atoms. The zero-order valence-electron chi connectivity index (χ0n) is 17.9. The quantitative estimate of drug-likeness (QED) is 0.669. The number of amides is 1. The lowest BCUT2D eigenvalue weighted by Crippen LogP contribution is -2.52. The summed E-state index contributed by atoms with van der Waals surface area (Å²) in [5, 5.41) is 2.97. The van der Waals surface area contributed by atoms with E-state index in [2.05, 4.69) is 5.32 Å². The van der Waals surface area contributed by atoms with Gasteiger partial charge >= 0.3 is 6.09 Å². The molecule has 1 aromatic carbocycles. The monoisotopic (exact) mass is 474 g/mol. The van der Waals surface area contributed by atoms with E-state index in [1.54, 1.807) is 39.0 Å². The molecule has 2 heterocycles. The number of carbonyl (C=O) groups is 1. The van der Waals surface area contributed by atoms with Crippen molar-refractivity contribution in [1.29, 1.82) is 0 Å². The standard InChI is InChI=1S/C20H27FN2O6S2/c1-19(2,3)29-18(24)22-17-23-20(15-7-5-6-8-16(15)21)9-14(11-28-31(4,25)26)27-10-13(20)12-30-17/h5-8,13-14H,9-12H2,1-4H3,(H,22,23,24)/t13-,14+,20-/m0/s1. The molecule has 2 aliphatic rings. The van der Waals surface area contributed by atoms with Crippen molar-refractivity contribution in [3.05, 3.63) is 35.6 Å². The summed E-state index contributed by atoms with van der Waals surface area (Å²) in [5.74, 6) is -0.0691. The number of fused-ring (bicyclic) bond motifs is 1. The zero-order valence-corrected chi connectivity index (χ0v) is 19.5. The van der Waals surface area contributed by atoms with Crippen molar-refractivity contribution >= 4 is 33.1 Å². The number of amidine groups is 1. The minimum absolute atomic E-state index is 0.173. The van der Waals surface area contributed by atoms with E-state index in [4.69, 9.17) is 18.6 Å². The van der Waals surface area contributed by atoms with Crippen molar-refractivity contribution in [3.8, 4) is 0 Å². The Labute approximate surface area is 186 Å². The first-order chi connectivity index (χ1) is 14.4. The fourth-order valence-electron chi connectivity index (χ4n) is 3.64. The number of thioether (sulfide) groups is 1. The topological polar surface area (TPSA) is 103 Å². The maximum absolute atomic E-state index is 14.9. The minimum Gasteiger partial charge on any atom is -0.444 e. The summed E-state index contributed by atoms with van der Waals surface area (Å²) in [7, 11) is -3.66. The van der Waals surface area contributed by atoms with Gasteiger partial charge in [-0.25, -0.2) is 9.18 Å². The summed E-state index contributed by atoms with van der Waals surface area (Å²) in [6.45, 7) is 5.32. The number of alkyl carbamates (subject to hydrolysis) is 1. The summed E-state index contributed by atoms with van der Waals surface area (Å²) in [4.78, 5) is 17.0. The number of rotatable bonds is 4. The highest BCUT2D eigenvalue weighted by atomic mass is 32.2. The summed E-state index contributed by atoms with van der Waals surface area (Å²) >= 11 is 1.33. The normalized spacial score (nSPS) is 26.5. The Morgan fingerprint density at radius 1 is 1.39 bits per heavy atom. The SMILES string of the molecule is CC(C)(C)OC(=O)NC1=N[C@@]2(c3ccccc3F)C[C@H](COS(C)(=O)=O)OC[C@H]2CS1. The molecule has 0 radical (unpaired) electrons. The number of aliphatic imine (C=N–C) groups is 1. The van der Waals surface area contributed by atoms with Crippen molar-refractivity contribution in [3.63, 3.8) is 0 Å². The predicted molar refractivity (Wildman–Crippen MR) is 116 cm³/mol. The van der Waals surface area contributed by atoms with Crippen molar-refractivity contribution in [2.75, 3.05) is 25.2 Å². The lowest BCUT2D eigenvalue weighted by atomic mass is 9.73. The highest BCUT2D eigenvalue weighted by molar-refractivity contribution is 8.13. The predicted octanol–water partition coefficient (Wildman–Crippen LogP) is 3.03. The first-order valence-electron chi connectivity index (χ1n) is 9.82. The van der Waals surface area contributed by atoms with E-state index >= 15 is 0 Å². The third-order valence-corrected chi connectivity index (χ3v) is 6.49. The van der Waals surface area contributed by atoms with Gasteiger partial charge in [0.15, 0.2) is 5.17 Å². The molecular formula is C20H27FN2O6S2. The molecule has 0 aromatic heterocycles. The van der Waals surface area contributed by atoms with Gasteiger partial charge in [0.1, 0.15) is 11.4 Å². The number of hydrogen-bond acceptors (Lipinski definition) is 8. The van der Waals surface area contributed by atoms with Crippen LogP contribution in [0.15, 0.2) is 29.3 Å². The molecule has 172 valence electrons. The maximum Gasteiger partial charge on any atom is 0.413 e. The molecule has 2 aliphatic heterocycles. The second-order valence-corrected chi connectivity index (χ2v) is 11.3. The van der Waals surface area contributed by atoms with Crippen LogP contribution in [-0.2, 0) is 29.3 Å². The largest absolute Gasteiger partial charge is 0.444 e. The lowest BCUT2D eigenvalue weighted by Gasteiger charge is -2.46. The first-order valence-corrected chi connectivity index (χ1v) is 12.6. The molecule has 3 atom stereocenters. The summed E-state index contributed by atoms with van der Waals surface area (Å²) in [5.41, 5.74) is -1.34. The minimum atomic E-state index is -3.66. The fourth-order valence-corrected chi connectivity index (χ4v) is 5.16. The summed E-state index contributed by atoms with van der Waals surface area (Å²) in [6.07, 6.45) is -0.0948. The summed E-state index contributed by atoms with van der Waals surface area (Å²) < 4.78 is 53.8. The van der Waals surface area contributed by atoms with Crippen LogP contribution in [0.1, 0.15) is 32.8 Å². The van der Waals surface area contributed by atoms with Gasteiger partial charge < -0.3 is 9.47 Å². The number of ether oxygens (including phenoxy) is 2. The highest BCUT2D eigenvalue weighted by Crippen LogP contribution is 2.47. The molecule has 1 N–H and O–H groups in total. The van der Waals surface area contributed by atoms with Crippen molar-refractivity contribution < 1.29 is 31.3 Å². The third-order valence-electron chi connectivity index (χ3n) is 4.89. The van der Waals surface area contributed by atoms with Crippen LogP contribution in [0.5, 0.6) is 0 Å². The van der Waals surface area contributed by atoms with Crippen molar-refractivity contribution in [1.82, 2.24) is 5.32 Å². The molecule has 0 unspecified atom stereocenters. The van der Waals surface area contributed by atoms with Crippen LogP contribution < -0.4 is 5.32 Å². The Morgan fingerprint density at radius 3 is 2.74 bits per heavy atom. The Hall–Kier alpha value is -1.69. The van der Waals surface area contributed by atoms with Crippen LogP contribution in [0.2, 0.25) is 0 Å². The van der Waals surface area contributed by atoms with E-state index in [-0.39, 0.29) is 25.6 Å². The average molecular weight is 475 g/mol. The van der Waals surface area contributed by atoms with Crippen molar-refractivity contribution in [2.45, 2.75) is 44.4 Å². The number of nitrogens with zero attached hydrogens (tertiary/aromatic N) is 1. The number of hydrogen-bond donors (Lipinski definition) is 1.